The maximum absolute atomic E-state index is 10.6. The van der Waals surface area contributed by atoms with Crippen molar-refractivity contribution in [2.75, 3.05) is 14.2 Å². The van der Waals surface area contributed by atoms with Crippen LogP contribution in [0, 0.1) is 0 Å². The van der Waals surface area contributed by atoms with Gasteiger partial charge >= 0.3 is 5.97 Å². The van der Waals surface area contributed by atoms with Gasteiger partial charge in [0.1, 0.15) is 11.5 Å². The Labute approximate surface area is 110 Å². The lowest BCUT2D eigenvalue weighted by atomic mass is 10.0. The van der Waals surface area contributed by atoms with E-state index in [1.165, 1.54) is 14.2 Å². The van der Waals surface area contributed by atoms with Crippen molar-refractivity contribution in [3.05, 3.63) is 34.2 Å². The molecule has 1 atom stereocenters. The molecule has 0 radical (unpaired) electrons. The number of carbonyl (C=O) groups is 1. The van der Waals surface area contributed by atoms with Crippen LogP contribution in [0.4, 0.5) is 0 Å². The van der Waals surface area contributed by atoms with Crippen molar-refractivity contribution >= 4 is 5.97 Å². The lowest BCUT2D eigenvalue weighted by molar-refractivity contribution is -0.137. The Morgan fingerprint density at radius 2 is 2.21 bits per heavy atom. The largest absolute Gasteiger partial charge is 0.497 e. The van der Waals surface area contributed by atoms with Crippen LogP contribution in [-0.4, -0.2) is 25.3 Å². The van der Waals surface area contributed by atoms with Crippen molar-refractivity contribution in [3.8, 4) is 11.5 Å². The van der Waals surface area contributed by atoms with Crippen LogP contribution in [0.1, 0.15) is 24.4 Å². The first-order valence-corrected chi connectivity index (χ1v) is 5.60. The molecule has 0 aliphatic rings. The Morgan fingerprint density at radius 1 is 1.47 bits per heavy atom. The SMILES string of the molecule is COc1ccc(OC)c(C(CCC(=O)O)N=[N+]=[N-])c1. The van der Waals surface area contributed by atoms with E-state index in [1.807, 2.05) is 0 Å². The molecule has 0 saturated heterocycles. The maximum Gasteiger partial charge on any atom is 0.303 e. The van der Waals surface area contributed by atoms with Crippen molar-refractivity contribution in [2.24, 2.45) is 5.11 Å². The van der Waals surface area contributed by atoms with Gasteiger partial charge in [0.2, 0.25) is 0 Å². The van der Waals surface area contributed by atoms with Crippen molar-refractivity contribution in [2.45, 2.75) is 18.9 Å². The number of nitrogens with zero attached hydrogens (tertiary/aromatic N) is 3. The van der Waals surface area contributed by atoms with Gasteiger partial charge < -0.3 is 14.6 Å². The minimum Gasteiger partial charge on any atom is -0.497 e. The molecule has 7 heteroatoms. The van der Waals surface area contributed by atoms with Crippen LogP contribution >= 0.6 is 0 Å². The van der Waals surface area contributed by atoms with E-state index in [-0.39, 0.29) is 12.8 Å². The van der Waals surface area contributed by atoms with Crippen LogP contribution in [0.15, 0.2) is 23.3 Å². The normalized spacial score (nSPS) is 11.3. The molecular formula is C12H15N3O4. The predicted molar refractivity (Wildman–Crippen MR) is 68.3 cm³/mol. The molecule has 0 aromatic heterocycles. The second kappa shape index (κ2) is 7.13. The molecule has 1 aromatic carbocycles. The van der Waals surface area contributed by atoms with Gasteiger partial charge in [-0.05, 0) is 30.2 Å². The first-order chi connectivity index (χ1) is 9.12. The van der Waals surface area contributed by atoms with Gasteiger partial charge in [0, 0.05) is 16.9 Å². The van der Waals surface area contributed by atoms with Crippen molar-refractivity contribution in [3.63, 3.8) is 0 Å². The number of benzene rings is 1. The fraction of sp³-hybridized carbons (Fsp3) is 0.417. The van der Waals surface area contributed by atoms with Gasteiger partial charge in [-0.2, -0.15) is 0 Å². The molecule has 0 saturated carbocycles. The zero-order valence-corrected chi connectivity index (χ0v) is 10.7. The highest BCUT2D eigenvalue weighted by Crippen LogP contribution is 2.34. The van der Waals surface area contributed by atoms with Gasteiger partial charge in [-0.1, -0.05) is 5.11 Å². The number of ether oxygens (including phenoxy) is 2. The second-order valence-electron chi connectivity index (χ2n) is 3.76. The van der Waals surface area contributed by atoms with Crippen molar-refractivity contribution in [1.29, 1.82) is 0 Å². The van der Waals surface area contributed by atoms with Gasteiger partial charge in [0.05, 0.1) is 20.3 Å². The van der Waals surface area contributed by atoms with E-state index in [2.05, 4.69) is 10.0 Å². The zero-order valence-electron chi connectivity index (χ0n) is 10.7. The third kappa shape index (κ3) is 4.08. The average molecular weight is 265 g/mol. The summed E-state index contributed by atoms with van der Waals surface area (Å²) in [6.07, 6.45) is 0.104. The van der Waals surface area contributed by atoms with E-state index in [4.69, 9.17) is 20.1 Å². The maximum atomic E-state index is 10.6. The fourth-order valence-electron chi connectivity index (χ4n) is 1.70. The Hall–Kier alpha value is -2.40. The minimum absolute atomic E-state index is 0.0932. The van der Waals surface area contributed by atoms with E-state index < -0.39 is 12.0 Å². The molecule has 0 bridgehead atoms. The van der Waals surface area contributed by atoms with Gasteiger partial charge in [-0.15, -0.1) is 0 Å². The summed E-state index contributed by atoms with van der Waals surface area (Å²) in [5, 5.41) is 12.3. The summed E-state index contributed by atoms with van der Waals surface area (Å²) in [5.74, 6) is 0.174. The summed E-state index contributed by atoms with van der Waals surface area (Å²) in [7, 11) is 3.01. The molecule has 0 fully saturated rings. The third-order valence-corrected chi connectivity index (χ3v) is 2.62. The molecule has 1 unspecified atom stereocenters. The highest BCUT2D eigenvalue weighted by atomic mass is 16.5. The standard InChI is InChI=1S/C12H15N3O4/c1-18-8-3-5-11(19-2)9(7-8)10(14-15-13)4-6-12(16)17/h3,5,7,10H,4,6H2,1-2H3,(H,16,17). The second-order valence-corrected chi connectivity index (χ2v) is 3.76. The predicted octanol–water partition coefficient (Wildman–Crippen LogP) is 2.92. The molecule has 19 heavy (non-hydrogen) atoms. The molecule has 102 valence electrons. The smallest absolute Gasteiger partial charge is 0.303 e. The monoisotopic (exact) mass is 265 g/mol. The van der Waals surface area contributed by atoms with Crippen LogP contribution in [0.25, 0.3) is 10.4 Å². The highest BCUT2D eigenvalue weighted by Gasteiger charge is 2.17. The average Bonchev–Trinajstić information content (AvgIpc) is 2.42. The highest BCUT2D eigenvalue weighted by molar-refractivity contribution is 5.66. The van der Waals surface area contributed by atoms with Gasteiger partial charge in [0.25, 0.3) is 0 Å². The van der Waals surface area contributed by atoms with E-state index in [0.717, 1.165) is 0 Å². The van der Waals surface area contributed by atoms with Gasteiger partial charge in [0.15, 0.2) is 0 Å². The number of hydrogen-bond acceptors (Lipinski definition) is 4. The number of hydrogen-bond donors (Lipinski definition) is 1. The molecule has 1 N–H and O–H groups in total. The summed E-state index contributed by atoms with van der Waals surface area (Å²) in [4.78, 5) is 13.4. The van der Waals surface area contributed by atoms with Crippen molar-refractivity contribution in [1.82, 2.24) is 0 Å². The molecule has 0 heterocycles. The minimum atomic E-state index is -0.944. The third-order valence-electron chi connectivity index (χ3n) is 2.62. The van der Waals surface area contributed by atoms with E-state index in [9.17, 15) is 4.79 Å². The van der Waals surface area contributed by atoms with Crippen molar-refractivity contribution < 1.29 is 19.4 Å². The molecule has 1 rings (SSSR count). The summed E-state index contributed by atoms with van der Waals surface area (Å²) < 4.78 is 10.3. The van der Waals surface area contributed by atoms with Crippen LogP contribution in [-0.2, 0) is 4.79 Å². The number of methoxy groups -OCH3 is 2. The molecule has 0 aliphatic carbocycles. The number of carboxylic acid groups (broad SMARTS) is 1. The van der Waals surface area contributed by atoms with E-state index >= 15 is 0 Å². The first kappa shape index (κ1) is 14.7. The quantitative estimate of drug-likeness (QED) is 0.464. The summed E-state index contributed by atoms with van der Waals surface area (Å²) >= 11 is 0. The summed E-state index contributed by atoms with van der Waals surface area (Å²) in [6, 6.07) is 4.48. The lowest BCUT2D eigenvalue weighted by Crippen LogP contribution is -2.03. The fourth-order valence-corrected chi connectivity index (χ4v) is 1.70. The number of rotatable bonds is 7. The lowest BCUT2D eigenvalue weighted by Gasteiger charge is -2.15. The Kier molecular flexibility index (Phi) is 5.50. The molecule has 0 amide bonds. The molecule has 0 aliphatic heterocycles. The Balaban J connectivity index is 3.11. The van der Waals surface area contributed by atoms with E-state index in [0.29, 0.717) is 17.1 Å². The number of azide groups is 1. The van der Waals surface area contributed by atoms with Crippen LogP contribution < -0.4 is 9.47 Å². The Bertz CT molecular complexity index is 498. The summed E-state index contributed by atoms with van der Waals surface area (Å²) in [5.41, 5.74) is 9.20. The zero-order chi connectivity index (χ0) is 14.3. The molecule has 1 aromatic rings. The molecule has 0 spiro atoms. The van der Waals surface area contributed by atoms with Gasteiger partial charge in [-0.3, -0.25) is 4.79 Å². The molecular weight excluding hydrogens is 250 g/mol. The molecule has 7 nitrogen and oxygen atoms in total. The number of carboxylic acids is 1. The van der Waals surface area contributed by atoms with Crippen LogP contribution in [0.3, 0.4) is 0 Å². The number of aliphatic carboxylic acids is 1. The van der Waals surface area contributed by atoms with Gasteiger partial charge in [-0.25, -0.2) is 0 Å². The van der Waals surface area contributed by atoms with Crippen LogP contribution in [0.2, 0.25) is 0 Å². The van der Waals surface area contributed by atoms with Crippen LogP contribution in [0.5, 0.6) is 11.5 Å². The summed E-state index contributed by atoms with van der Waals surface area (Å²) in [6.45, 7) is 0. The topological polar surface area (TPSA) is 105 Å². The Morgan fingerprint density at radius 3 is 2.74 bits per heavy atom. The first-order valence-electron chi connectivity index (χ1n) is 5.60. The van der Waals surface area contributed by atoms with E-state index in [1.54, 1.807) is 18.2 Å².